The van der Waals surface area contributed by atoms with Crippen molar-refractivity contribution >= 4 is 5.97 Å². The van der Waals surface area contributed by atoms with Gasteiger partial charge in [-0.25, -0.2) is 0 Å². The van der Waals surface area contributed by atoms with Gasteiger partial charge in [0.05, 0.1) is 12.5 Å². The summed E-state index contributed by atoms with van der Waals surface area (Å²) < 4.78 is 4.89. The topological polar surface area (TPSA) is 46.5 Å². The molecule has 0 aliphatic carbocycles. The molecule has 0 bridgehead atoms. The van der Waals surface area contributed by atoms with Crippen LogP contribution in [0.3, 0.4) is 0 Å². The lowest BCUT2D eigenvalue weighted by atomic mass is 9.91. The molecule has 0 aromatic rings. The van der Waals surface area contributed by atoms with Crippen LogP contribution in [0.15, 0.2) is 25.3 Å². The van der Waals surface area contributed by atoms with E-state index in [0.29, 0.717) is 0 Å². The van der Waals surface area contributed by atoms with E-state index in [1.54, 1.807) is 6.08 Å². The molecule has 0 spiro atoms. The summed E-state index contributed by atoms with van der Waals surface area (Å²) in [4.78, 5) is 11.1. The number of carbonyl (C=O) groups excluding carboxylic acids is 1. The number of carbonyl (C=O) groups is 1. The first-order valence-electron chi connectivity index (χ1n) is 3.81. The number of esters is 1. The van der Waals surface area contributed by atoms with Crippen LogP contribution in [-0.4, -0.2) is 23.8 Å². The third kappa shape index (κ3) is 1.28. The number of rotatable bonds is 3. The SMILES string of the molecule is C=CC1C(=O)OC(CO)C1C=C. The van der Waals surface area contributed by atoms with E-state index in [1.165, 1.54) is 6.08 Å². The number of hydrogen-bond acceptors (Lipinski definition) is 3. The first-order chi connectivity index (χ1) is 5.74. The number of ether oxygens (including phenoxy) is 1. The summed E-state index contributed by atoms with van der Waals surface area (Å²) in [5.41, 5.74) is 0. The van der Waals surface area contributed by atoms with Gasteiger partial charge in [-0.3, -0.25) is 4.79 Å². The Morgan fingerprint density at radius 2 is 2.17 bits per heavy atom. The number of aliphatic hydroxyl groups is 1. The van der Waals surface area contributed by atoms with E-state index in [1.807, 2.05) is 0 Å². The summed E-state index contributed by atoms with van der Waals surface area (Å²) >= 11 is 0. The van der Waals surface area contributed by atoms with Gasteiger partial charge in [0.25, 0.3) is 0 Å². The van der Waals surface area contributed by atoms with Crippen molar-refractivity contribution in [1.82, 2.24) is 0 Å². The molecule has 3 atom stereocenters. The maximum Gasteiger partial charge on any atom is 0.313 e. The fourth-order valence-corrected chi connectivity index (χ4v) is 1.41. The molecular formula is C9H12O3. The van der Waals surface area contributed by atoms with Gasteiger partial charge in [0, 0.05) is 5.92 Å². The molecule has 0 saturated carbocycles. The average molecular weight is 168 g/mol. The average Bonchev–Trinajstić information content (AvgIpc) is 2.40. The van der Waals surface area contributed by atoms with Crippen LogP contribution in [-0.2, 0) is 9.53 Å². The summed E-state index contributed by atoms with van der Waals surface area (Å²) in [5.74, 6) is -0.811. The molecule has 1 rings (SSSR count). The van der Waals surface area contributed by atoms with E-state index in [0.717, 1.165) is 0 Å². The number of hydrogen-bond donors (Lipinski definition) is 1. The van der Waals surface area contributed by atoms with Crippen molar-refractivity contribution in [3.05, 3.63) is 25.3 Å². The molecule has 0 aromatic heterocycles. The Kier molecular flexibility index (Phi) is 2.65. The zero-order valence-corrected chi connectivity index (χ0v) is 6.77. The highest BCUT2D eigenvalue weighted by atomic mass is 16.6. The van der Waals surface area contributed by atoms with Gasteiger partial charge in [-0.05, 0) is 0 Å². The molecule has 3 nitrogen and oxygen atoms in total. The Hall–Kier alpha value is -1.09. The number of aliphatic hydroxyl groups excluding tert-OH is 1. The fraction of sp³-hybridized carbons (Fsp3) is 0.444. The van der Waals surface area contributed by atoms with Gasteiger partial charge in [0.2, 0.25) is 0 Å². The Morgan fingerprint density at radius 1 is 1.50 bits per heavy atom. The quantitative estimate of drug-likeness (QED) is 0.493. The van der Waals surface area contributed by atoms with Gasteiger partial charge < -0.3 is 9.84 Å². The predicted octanol–water partition coefficient (Wildman–Crippen LogP) is 0.508. The molecule has 1 heterocycles. The Balaban J connectivity index is 2.81. The number of cyclic esters (lactones) is 1. The molecule has 0 aromatic carbocycles. The van der Waals surface area contributed by atoms with Crippen LogP contribution in [0.1, 0.15) is 0 Å². The molecule has 0 amide bonds. The molecule has 0 radical (unpaired) electrons. The van der Waals surface area contributed by atoms with Gasteiger partial charge >= 0.3 is 5.97 Å². The minimum atomic E-state index is -0.446. The van der Waals surface area contributed by atoms with E-state index >= 15 is 0 Å². The van der Waals surface area contributed by atoms with Crippen molar-refractivity contribution in [2.75, 3.05) is 6.61 Å². The second kappa shape index (κ2) is 3.54. The molecule has 1 aliphatic rings. The zero-order chi connectivity index (χ0) is 9.14. The molecule has 1 fully saturated rings. The summed E-state index contributed by atoms with van der Waals surface area (Å²) in [7, 11) is 0. The third-order valence-electron chi connectivity index (χ3n) is 2.09. The highest BCUT2D eigenvalue weighted by Gasteiger charge is 2.40. The highest BCUT2D eigenvalue weighted by molar-refractivity contribution is 5.77. The standard InChI is InChI=1S/C9H12O3/c1-3-6-7(4-2)9(11)12-8(6)5-10/h3-4,6-8,10H,1-2,5H2. The lowest BCUT2D eigenvalue weighted by Crippen LogP contribution is -2.21. The molecule has 66 valence electrons. The Labute approximate surface area is 71.3 Å². The minimum absolute atomic E-state index is 0.139. The Bertz CT molecular complexity index is 210. The third-order valence-corrected chi connectivity index (χ3v) is 2.09. The molecule has 3 heteroatoms. The monoisotopic (exact) mass is 168 g/mol. The van der Waals surface area contributed by atoms with Crippen molar-refractivity contribution in [1.29, 1.82) is 0 Å². The largest absolute Gasteiger partial charge is 0.459 e. The van der Waals surface area contributed by atoms with Gasteiger partial charge in [0.15, 0.2) is 0 Å². The normalized spacial score (nSPS) is 34.4. The molecule has 12 heavy (non-hydrogen) atoms. The van der Waals surface area contributed by atoms with Crippen LogP contribution < -0.4 is 0 Å². The fourth-order valence-electron chi connectivity index (χ4n) is 1.41. The van der Waals surface area contributed by atoms with Crippen LogP contribution in [0.25, 0.3) is 0 Å². The van der Waals surface area contributed by atoms with Crippen molar-refractivity contribution in [2.45, 2.75) is 6.10 Å². The summed E-state index contributed by atoms with van der Waals surface area (Å²) in [5, 5.41) is 8.84. The summed E-state index contributed by atoms with van der Waals surface area (Å²) in [6, 6.07) is 0. The molecule has 1 aliphatic heterocycles. The van der Waals surface area contributed by atoms with Gasteiger partial charge in [0.1, 0.15) is 6.10 Å². The van der Waals surface area contributed by atoms with E-state index in [-0.39, 0.29) is 24.4 Å². The van der Waals surface area contributed by atoms with Gasteiger partial charge in [-0.2, -0.15) is 0 Å². The van der Waals surface area contributed by atoms with Crippen molar-refractivity contribution < 1.29 is 14.6 Å². The maximum absolute atomic E-state index is 11.1. The molecule has 1 saturated heterocycles. The lowest BCUT2D eigenvalue weighted by Gasteiger charge is -2.11. The van der Waals surface area contributed by atoms with E-state index < -0.39 is 6.10 Å². The second-order valence-electron chi connectivity index (χ2n) is 2.73. The molecule has 3 unspecified atom stereocenters. The van der Waals surface area contributed by atoms with Crippen LogP contribution in [0.4, 0.5) is 0 Å². The minimum Gasteiger partial charge on any atom is -0.459 e. The van der Waals surface area contributed by atoms with Crippen molar-refractivity contribution in [2.24, 2.45) is 11.8 Å². The lowest BCUT2D eigenvalue weighted by molar-refractivity contribution is -0.144. The van der Waals surface area contributed by atoms with Crippen LogP contribution in [0.5, 0.6) is 0 Å². The van der Waals surface area contributed by atoms with Gasteiger partial charge in [-0.1, -0.05) is 12.2 Å². The summed E-state index contributed by atoms with van der Waals surface area (Å²) in [6.45, 7) is 6.95. The predicted molar refractivity (Wildman–Crippen MR) is 44.3 cm³/mol. The second-order valence-corrected chi connectivity index (χ2v) is 2.73. The Morgan fingerprint density at radius 3 is 2.58 bits per heavy atom. The highest BCUT2D eigenvalue weighted by Crippen LogP contribution is 2.29. The van der Waals surface area contributed by atoms with Crippen molar-refractivity contribution in [3.63, 3.8) is 0 Å². The van der Waals surface area contributed by atoms with E-state index in [9.17, 15) is 4.79 Å². The maximum atomic E-state index is 11.1. The smallest absolute Gasteiger partial charge is 0.313 e. The van der Waals surface area contributed by atoms with Gasteiger partial charge in [-0.15, -0.1) is 13.2 Å². The van der Waals surface area contributed by atoms with E-state index in [4.69, 9.17) is 9.84 Å². The first kappa shape index (κ1) is 9.00. The zero-order valence-electron chi connectivity index (χ0n) is 6.77. The van der Waals surface area contributed by atoms with Crippen molar-refractivity contribution in [3.8, 4) is 0 Å². The molecule has 1 N–H and O–H groups in total. The van der Waals surface area contributed by atoms with Crippen LogP contribution >= 0.6 is 0 Å². The summed E-state index contributed by atoms with van der Waals surface area (Å²) in [6.07, 6.45) is 2.71. The van der Waals surface area contributed by atoms with Crippen LogP contribution in [0.2, 0.25) is 0 Å². The van der Waals surface area contributed by atoms with Crippen LogP contribution in [0, 0.1) is 11.8 Å². The first-order valence-corrected chi connectivity index (χ1v) is 3.81. The molecular weight excluding hydrogens is 156 g/mol. The van der Waals surface area contributed by atoms with E-state index in [2.05, 4.69) is 13.2 Å².